The van der Waals surface area contributed by atoms with E-state index in [1.807, 2.05) is 30.3 Å². The number of ketones is 1. The van der Waals surface area contributed by atoms with Gasteiger partial charge in [0.05, 0.1) is 7.11 Å². The molecule has 0 atom stereocenters. The second-order valence-electron chi connectivity index (χ2n) is 3.95. The van der Waals surface area contributed by atoms with E-state index in [9.17, 15) is 4.79 Å². The van der Waals surface area contributed by atoms with E-state index >= 15 is 0 Å². The van der Waals surface area contributed by atoms with Crippen LogP contribution in [0.25, 0.3) is 6.08 Å². The highest BCUT2D eigenvalue weighted by Gasteiger charge is 2.03. The van der Waals surface area contributed by atoms with E-state index in [1.165, 1.54) is 0 Å². The van der Waals surface area contributed by atoms with Gasteiger partial charge in [-0.1, -0.05) is 46.3 Å². The highest BCUT2D eigenvalue weighted by Crippen LogP contribution is 2.18. The van der Waals surface area contributed by atoms with Crippen molar-refractivity contribution in [3.63, 3.8) is 0 Å². The van der Waals surface area contributed by atoms with E-state index in [1.54, 1.807) is 37.5 Å². The van der Waals surface area contributed by atoms with Crippen LogP contribution >= 0.6 is 15.9 Å². The number of allylic oxidation sites excluding steroid dienone is 1. The molecule has 0 fully saturated rings. The van der Waals surface area contributed by atoms with E-state index in [0.717, 1.165) is 10.0 Å². The largest absolute Gasteiger partial charge is 0.497 e. The van der Waals surface area contributed by atoms with Crippen molar-refractivity contribution in [2.24, 2.45) is 0 Å². The molecule has 0 saturated heterocycles. The van der Waals surface area contributed by atoms with E-state index in [-0.39, 0.29) is 5.78 Å². The Morgan fingerprint density at radius 1 is 1.16 bits per heavy atom. The Labute approximate surface area is 120 Å². The molecule has 2 nitrogen and oxygen atoms in total. The fourth-order valence-electron chi connectivity index (χ4n) is 1.65. The Morgan fingerprint density at radius 3 is 2.68 bits per heavy atom. The number of methoxy groups -OCH3 is 1. The van der Waals surface area contributed by atoms with Gasteiger partial charge in [-0.3, -0.25) is 4.79 Å². The van der Waals surface area contributed by atoms with Gasteiger partial charge in [0.15, 0.2) is 5.78 Å². The number of benzene rings is 2. The maximum absolute atomic E-state index is 12.0. The lowest BCUT2D eigenvalue weighted by Crippen LogP contribution is -1.94. The number of carbonyl (C=O) groups excluding carboxylic acids is 1. The number of ether oxygens (including phenoxy) is 1. The zero-order valence-corrected chi connectivity index (χ0v) is 12.1. The van der Waals surface area contributed by atoms with Crippen LogP contribution in [0.4, 0.5) is 0 Å². The van der Waals surface area contributed by atoms with E-state index in [0.29, 0.717) is 11.3 Å². The highest BCUT2D eigenvalue weighted by atomic mass is 79.9. The van der Waals surface area contributed by atoms with Gasteiger partial charge in [0.1, 0.15) is 5.75 Å². The topological polar surface area (TPSA) is 26.3 Å². The summed E-state index contributed by atoms with van der Waals surface area (Å²) in [5.41, 5.74) is 1.58. The molecule has 0 radical (unpaired) electrons. The lowest BCUT2D eigenvalue weighted by atomic mass is 10.1. The molecular formula is C16H13BrO2. The second kappa shape index (κ2) is 6.34. The van der Waals surface area contributed by atoms with Crippen LogP contribution in [0.3, 0.4) is 0 Å². The maximum Gasteiger partial charge on any atom is 0.185 e. The van der Waals surface area contributed by atoms with Crippen molar-refractivity contribution in [2.75, 3.05) is 7.11 Å². The molecular weight excluding hydrogens is 304 g/mol. The summed E-state index contributed by atoms with van der Waals surface area (Å²) in [5, 5.41) is 0. The first-order valence-electron chi connectivity index (χ1n) is 5.81. The normalized spacial score (nSPS) is 10.6. The molecule has 0 heterocycles. The van der Waals surface area contributed by atoms with Gasteiger partial charge in [0.25, 0.3) is 0 Å². The van der Waals surface area contributed by atoms with Crippen LogP contribution in [0.1, 0.15) is 15.9 Å². The number of halogens is 1. The Morgan fingerprint density at radius 2 is 1.95 bits per heavy atom. The van der Waals surface area contributed by atoms with Gasteiger partial charge in [0.2, 0.25) is 0 Å². The number of rotatable bonds is 4. The second-order valence-corrected chi connectivity index (χ2v) is 4.81. The predicted octanol–water partition coefficient (Wildman–Crippen LogP) is 4.35. The molecule has 2 aromatic carbocycles. The molecule has 0 saturated carbocycles. The number of hydrogen-bond acceptors (Lipinski definition) is 2. The maximum atomic E-state index is 12.0. The summed E-state index contributed by atoms with van der Waals surface area (Å²) in [6, 6.07) is 14.9. The molecule has 0 aliphatic carbocycles. The van der Waals surface area contributed by atoms with Gasteiger partial charge < -0.3 is 4.74 Å². The SMILES string of the molecule is COc1cccc(C(=O)C=Cc2ccccc2Br)c1. The van der Waals surface area contributed by atoms with Gasteiger partial charge in [-0.15, -0.1) is 0 Å². The minimum Gasteiger partial charge on any atom is -0.497 e. The van der Waals surface area contributed by atoms with E-state index in [4.69, 9.17) is 4.74 Å². The molecule has 96 valence electrons. The number of hydrogen-bond donors (Lipinski definition) is 0. The first kappa shape index (κ1) is 13.6. The standard InChI is InChI=1S/C16H13BrO2/c1-19-14-7-4-6-13(11-14)16(18)10-9-12-5-2-3-8-15(12)17/h2-11H,1H3. The summed E-state index contributed by atoms with van der Waals surface area (Å²) in [6.45, 7) is 0. The van der Waals surface area contributed by atoms with Gasteiger partial charge in [-0.25, -0.2) is 0 Å². The molecule has 0 spiro atoms. The molecule has 19 heavy (non-hydrogen) atoms. The summed E-state index contributed by atoms with van der Waals surface area (Å²) in [5.74, 6) is 0.634. The molecule has 2 rings (SSSR count). The van der Waals surface area contributed by atoms with E-state index in [2.05, 4.69) is 15.9 Å². The molecule has 0 unspecified atom stereocenters. The van der Waals surface area contributed by atoms with Gasteiger partial charge in [-0.2, -0.15) is 0 Å². The lowest BCUT2D eigenvalue weighted by Gasteiger charge is -2.01. The lowest BCUT2D eigenvalue weighted by molar-refractivity contribution is 0.104. The van der Waals surface area contributed by atoms with Crippen LogP contribution in [0.2, 0.25) is 0 Å². The zero-order chi connectivity index (χ0) is 13.7. The average Bonchev–Trinajstić information content (AvgIpc) is 2.46. The summed E-state index contributed by atoms with van der Waals surface area (Å²) < 4.78 is 6.07. The van der Waals surface area contributed by atoms with Crippen LogP contribution in [0.15, 0.2) is 59.1 Å². The highest BCUT2D eigenvalue weighted by molar-refractivity contribution is 9.10. The van der Waals surface area contributed by atoms with Crippen molar-refractivity contribution in [2.45, 2.75) is 0 Å². The molecule has 0 bridgehead atoms. The smallest absolute Gasteiger partial charge is 0.185 e. The van der Waals surface area contributed by atoms with Crippen LogP contribution in [-0.4, -0.2) is 12.9 Å². The Hall–Kier alpha value is -1.87. The third-order valence-corrected chi connectivity index (χ3v) is 3.40. The van der Waals surface area contributed by atoms with Crippen LogP contribution in [0.5, 0.6) is 5.75 Å². The molecule has 0 N–H and O–H groups in total. The minimum atomic E-state index is -0.0466. The van der Waals surface area contributed by atoms with E-state index < -0.39 is 0 Å². The Bertz CT molecular complexity index is 618. The van der Waals surface area contributed by atoms with Gasteiger partial charge in [0, 0.05) is 10.0 Å². The quantitative estimate of drug-likeness (QED) is 0.619. The molecule has 3 heteroatoms. The molecule has 0 aromatic heterocycles. The van der Waals surface area contributed by atoms with Crippen molar-refractivity contribution < 1.29 is 9.53 Å². The number of carbonyl (C=O) groups is 1. The summed E-state index contributed by atoms with van der Waals surface area (Å²) >= 11 is 3.44. The molecule has 0 amide bonds. The summed E-state index contributed by atoms with van der Waals surface area (Å²) in [6.07, 6.45) is 3.36. The van der Waals surface area contributed by atoms with Crippen LogP contribution in [-0.2, 0) is 0 Å². The van der Waals surface area contributed by atoms with Crippen LogP contribution in [0, 0.1) is 0 Å². The minimum absolute atomic E-state index is 0.0466. The Balaban J connectivity index is 2.19. The van der Waals surface area contributed by atoms with Crippen molar-refractivity contribution in [3.8, 4) is 5.75 Å². The summed E-state index contributed by atoms with van der Waals surface area (Å²) in [4.78, 5) is 12.0. The molecule has 0 aliphatic heterocycles. The zero-order valence-electron chi connectivity index (χ0n) is 10.5. The fourth-order valence-corrected chi connectivity index (χ4v) is 2.07. The van der Waals surface area contributed by atoms with Gasteiger partial charge >= 0.3 is 0 Å². The van der Waals surface area contributed by atoms with Crippen molar-refractivity contribution in [1.29, 1.82) is 0 Å². The van der Waals surface area contributed by atoms with Gasteiger partial charge in [-0.05, 0) is 35.9 Å². The first-order valence-corrected chi connectivity index (χ1v) is 6.61. The molecule has 2 aromatic rings. The fraction of sp³-hybridized carbons (Fsp3) is 0.0625. The third kappa shape index (κ3) is 3.55. The molecule has 0 aliphatic rings. The third-order valence-electron chi connectivity index (χ3n) is 2.67. The summed E-state index contributed by atoms with van der Waals surface area (Å²) in [7, 11) is 1.58. The van der Waals surface area contributed by atoms with Crippen molar-refractivity contribution >= 4 is 27.8 Å². The predicted molar refractivity (Wildman–Crippen MR) is 80.5 cm³/mol. The van der Waals surface area contributed by atoms with Crippen molar-refractivity contribution in [3.05, 3.63) is 70.2 Å². The average molecular weight is 317 g/mol. The van der Waals surface area contributed by atoms with Crippen molar-refractivity contribution in [1.82, 2.24) is 0 Å². The monoisotopic (exact) mass is 316 g/mol. The Kier molecular flexibility index (Phi) is 4.53. The van der Waals surface area contributed by atoms with Crippen LogP contribution < -0.4 is 4.74 Å². The first-order chi connectivity index (χ1) is 9.20.